The monoisotopic (exact) mass is 721 g/mol. The number of likely N-dealkylation sites (N-methyl/N-ethyl adjacent to an activating group) is 1. The predicted molar refractivity (Wildman–Crippen MR) is 211 cm³/mol. The number of nitrogens with one attached hydrogen (secondary N) is 2. The number of anilines is 1. The average Bonchev–Trinajstić information content (AvgIpc) is 3.73. The van der Waals surface area contributed by atoms with E-state index in [1.165, 1.54) is 24.9 Å². The normalized spacial score (nSPS) is 30.0. The molecule has 5 N–H and O–H groups in total. The first-order chi connectivity index (χ1) is 24.7. The minimum atomic E-state index is -0.789. The Balaban J connectivity index is 1.41. The molecule has 1 saturated carbocycles. The third kappa shape index (κ3) is 8.48. The lowest BCUT2D eigenvalue weighted by molar-refractivity contribution is -0.174. The summed E-state index contributed by atoms with van der Waals surface area (Å²) in [4.78, 5) is 25.5. The highest BCUT2D eigenvalue weighted by atomic mass is 16.7. The van der Waals surface area contributed by atoms with Gasteiger partial charge >= 0.3 is 0 Å². The van der Waals surface area contributed by atoms with Gasteiger partial charge in [0.15, 0.2) is 0 Å². The number of hydrogen-bond acceptors (Lipinski definition) is 9. The highest BCUT2D eigenvalue weighted by Gasteiger charge is 2.51. The van der Waals surface area contributed by atoms with Gasteiger partial charge in [0.05, 0.1) is 25.9 Å². The molecule has 2 aromatic carbocycles. The van der Waals surface area contributed by atoms with Crippen molar-refractivity contribution in [3.8, 4) is 16.9 Å². The van der Waals surface area contributed by atoms with Crippen LogP contribution in [0.1, 0.15) is 78.9 Å². The Hall–Kier alpha value is -2.73. The van der Waals surface area contributed by atoms with Crippen LogP contribution in [-0.4, -0.2) is 98.7 Å². The molecule has 0 aromatic heterocycles. The van der Waals surface area contributed by atoms with Crippen LogP contribution in [0.25, 0.3) is 11.1 Å². The largest absolute Gasteiger partial charge is 0.496 e. The zero-order valence-corrected chi connectivity index (χ0v) is 33.6. The summed E-state index contributed by atoms with van der Waals surface area (Å²) in [5.41, 5.74) is 11.7. The fraction of sp³-hybridized carbons (Fsp3) is 0.690. The summed E-state index contributed by atoms with van der Waals surface area (Å²) in [6.07, 6.45) is 2.15. The summed E-state index contributed by atoms with van der Waals surface area (Å²) in [6, 6.07) is 12.8. The van der Waals surface area contributed by atoms with Crippen LogP contribution in [0.5, 0.6) is 5.75 Å². The number of carbonyl (C=O) groups is 1. The lowest BCUT2D eigenvalue weighted by atomic mass is 9.58. The van der Waals surface area contributed by atoms with E-state index >= 15 is 0 Å². The predicted octanol–water partition coefficient (Wildman–Crippen LogP) is 5.27. The summed E-state index contributed by atoms with van der Waals surface area (Å²) in [5.74, 6) is 1.34. The molecule has 1 aliphatic carbocycles. The Morgan fingerprint density at radius 2 is 1.94 bits per heavy atom. The van der Waals surface area contributed by atoms with Crippen molar-refractivity contribution in [2.75, 3.05) is 52.3 Å². The third-order valence-electron chi connectivity index (χ3n) is 13.3. The molecule has 0 unspecified atom stereocenters. The molecule has 9 atom stereocenters. The Bertz CT molecular complexity index is 1500. The first-order valence-corrected chi connectivity index (χ1v) is 19.8. The minimum Gasteiger partial charge on any atom is -0.496 e. The number of aliphatic hydroxyl groups excluding tert-OH is 1. The van der Waals surface area contributed by atoms with Crippen molar-refractivity contribution in [3.05, 3.63) is 47.5 Å². The number of benzene rings is 2. The molecule has 2 aliphatic heterocycles. The lowest BCUT2D eigenvalue weighted by Gasteiger charge is -2.50. The second kappa shape index (κ2) is 17.2. The number of carbonyl (C=O) groups excluding carboxylic acids is 1. The summed E-state index contributed by atoms with van der Waals surface area (Å²) in [5, 5.41) is 19.9. The Labute approximate surface area is 313 Å². The number of nitrogens with zero attached hydrogens (tertiary/aromatic N) is 3. The van der Waals surface area contributed by atoms with Crippen molar-refractivity contribution in [2.45, 2.75) is 111 Å². The summed E-state index contributed by atoms with van der Waals surface area (Å²) in [6.45, 7) is 20.0. The fourth-order valence-corrected chi connectivity index (χ4v) is 9.21. The standard InChI is InChI=1S/C42H68N6O4/c1-11-47-17-13-15-33(47)24-44-23-30-19-32(21-34(20-30)46(8)9)35-16-12-14-31(40(35)51-10)25-48-39(38(29(5)49)37(22-43)52-48)41(50)45-36-18-26(2)42(6,7)28(4)27(36)3/h12,14,16,19-21,26-29,33,36-39,44,49H,11,13,15,17-18,22-25,43H2,1-10H3,(H,45,50)/t26-,27+,28+,29+,33-,36+,37+,38-,39+/m1/s1. The maximum absolute atomic E-state index is 14.4. The lowest BCUT2D eigenvalue weighted by Crippen LogP contribution is -2.56. The number of hydrogen-bond donors (Lipinski definition) is 4. The third-order valence-corrected chi connectivity index (χ3v) is 13.3. The van der Waals surface area contributed by atoms with Crippen LogP contribution < -0.4 is 26.0 Å². The summed E-state index contributed by atoms with van der Waals surface area (Å²) in [7, 11) is 5.84. The van der Waals surface area contributed by atoms with E-state index in [0.29, 0.717) is 30.3 Å². The van der Waals surface area contributed by atoms with Crippen LogP contribution >= 0.6 is 0 Å². The first kappa shape index (κ1) is 40.5. The Morgan fingerprint density at radius 3 is 2.60 bits per heavy atom. The van der Waals surface area contributed by atoms with E-state index in [-0.39, 0.29) is 23.9 Å². The zero-order valence-electron chi connectivity index (χ0n) is 33.6. The van der Waals surface area contributed by atoms with E-state index < -0.39 is 24.2 Å². The maximum atomic E-state index is 14.4. The highest BCUT2D eigenvalue weighted by molar-refractivity contribution is 5.83. The summed E-state index contributed by atoms with van der Waals surface area (Å²) >= 11 is 0. The van der Waals surface area contributed by atoms with Gasteiger partial charge in [0, 0.05) is 68.5 Å². The van der Waals surface area contributed by atoms with E-state index in [0.717, 1.165) is 54.2 Å². The average molecular weight is 721 g/mol. The molecule has 2 aromatic rings. The number of methoxy groups -OCH3 is 1. The first-order valence-electron chi connectivity index (χ1n) is 19.8. The number of likely N-dealkylation sites (tertiary alicyclic amines) is 1. The van der Waals surface area contributed by atoms with Crippen LogP contribution in [0, 0.1) is 29.1 Å². The van der Waals surface area contributed by atoms with E-state index in [1.807, 2.05) is 12.1 Å². The zero-order chi connectivity index (χ0) is 37.9. The molecule has 0 spiro atoms. The van der Waals surface area contributed by atoms with Crippen molar-refractivity contribution in [1.82, 2.24) is 20.6 Å². The quantitative estimate of drug-likeness (QED) is 0.208. The molecule has 2 heterocycles. The van der Waals surface area contributed by atoms with Crippen molar-refractivity contribution < 1.29 is 19.5 Å². The highest BCUT2D eigenvalue weighted by Crippen LogP contribution is 2.47. The number of rotatable bonds is 14. The molecule has 0 radical (unpaired) electrons. The molecule has 5 rings (SSSR count). The molecule has 10 nitrogen and oxygen atoms in total. The molecule has 3 aliphatic rings. The van der Waals surface area contributed by atoms with Crippen molar-refractivity contribution in [3.63, 3.8) is 0 Å². The fourth-order valence-electron chi connectivity index (χ4n) is 9.21. The molecule has 1 amide bonds. The number of nitrogens with two attached hydrogens (primary N) is 1. The Kier molecular flexibility index (Phi) is 13.4. The van der Waals surface area contributed by atoms with Gasteiger partial charge < -0.3 is 31.1 Å². The minimum absolute atomic E-state index is 0.0354. The SMILES string of the molecule is CCN1CCC[C@@H]1CNCc1cc(-c2cccc(CN3O[C@@H](CN)[C@@H]([C@H](C)O)[C@H]3C(=O)N[C@H]3C[C@@H](C)C(C)(C)[C@@H](C)[C@@H]3C)c2OC)cc(N(C)C)c1. The molecular weight excluding hydrogens is 652 g/mol. The number of para-hydroxylation sites is 1. The van der Waals surface area contributed by atoms with Gasteiger partial charge in [-0.3, -0.25) is 14.5 Å². The van der Waals surface area contributed by atoms with Gasteiger partial charge in [-0.1, -0.05) is 59.7 Å². The second-order valence-corrected chi connectivity index (χ2v) is 16.8. The smallest absolute Gasteiger partial charge is 0.240 e. The molecule has 3 fully saturated rings. The van der Waals surface area contributed by atoms with Gasteiger partial charge in [0.25, 0.3) is 0 Å². The second-order valence-electron chi connectivity index (χ2n) is 16.8. The molecule has 290 valence electrons. The van der Waals surface area contributed by atoms with Crippen LogP contribution in [-0.2, 0) is 22.7 Å². The van der Waals surface area contributed by atoms with Crippen LogP contribution in [0.4, 0.5) is 5.69 Å². The number of aliphatic hydroxyl groups is 1. The molecule has 10 heteroatoms. The van der Waals surface area contributed by atoms with Crippen LogP contribution in [0.2, 0.25) is 0 Å². The van der Waals surface area contributed by atoms with E-state index in [4.69, 9.17) is 15.3 Å². The summed E-state index contributed by atoms with van der Waals surface area (Å²) < 4.78 is 6.16. The molecule has 0 bridgehead atoms. The Morgan fingerprint density at radius 1 is 1.19 bits per heavy atom. The van der Waals surface area contributed by atoms with Crippen LogP contribution in [0.15, 0.2) is 36.4 Å². The van der Waals surface area contributed by atoms with E-state index in [2.05, 4.69) is 100 Å². The van der Waals surface area contributed by atoms with Gasteiger partial charge in [-0.25, -0.2) is 0 Å². The number of hydroxylamine groups is 2. The van der Waals surface area contributed by atoms with E-state index in [1.54, 1.807) is 19.1 Å². The van der Waals surface area contributed by atoms with Gasteiger partial charge in [-0.2, -0.15) is 5.06 Å². The molecule has 52 heavy (non-hydrogen) atoms. The van der Waals surface area contributed by atoms with Crippen LogP contribution in [0.3, 0.4) is 0 Å². The number of amides is 1. The molecule has 2 saturated heterocycles. The van der Waals surface area contributed by atoms with Gasteiger partial charge in [-0.15, -0.1) is 0 Å². The molecular formula is C42H68N6O4. The van der Waals surface area contributed by atoms with Gasteiger partial charge in [0.1, 0.15) is 11.8 Å². The van der Waals surface area contributed by atoms with Gasteiger partial charge in [-0.05, 0) is 91.8 Å². The van der Waals surface area contributed by atoms with Crippen molar-refractivity contribution in [1.29, 1.82) is 0 Å². The topological polar surface area (TPSA) is 116 Å². The van der Waals surface area contributed by atoms with Crippen molar-refractivity contribution >= 4 is 11.6 Å². The maximum Gasteiger partial charge on any atom is 0.240 e. The van der Waals surface area contributed by atoms with Gasteiger partial charge in [0.2, 0.25) is 5.91 Å². The number of ether oxygens (including phenoxy) is 1. The van der Waals surface area contributed by atoms with Crippen molar-refractivity contribution in [2.24, 2.45) is 34.8 Å². The van der Waals surface area contributed by atoms with E-state index in [9.17, 15) is 9.90 Å².